The lowest BCUT2D eigenvalue weighted by Gasteiger charge is -2.28. The van der Waals surface area contributed by atoms with Crippen LogP contribution in [-0.2, 0) is 14.6 Å². The Morgan fingerprint density at radius 1 is 1.37 bits per heavy atom. The van der Waals surface area contributed by atoms with E-state index in [0.717, 1.165) is 6.42 Å². The SMILES string of the molecule is CCCC(C)(N)C(=O)NCCN1CCS(=O)(=O)CC1. The molecule has 1 amide bonds. The Balaban J connectivity index is 2.26. The van der Waals surface area contributed by atoms with E-state index in [2.05, 4.69) is 10.2 Å². The van der Waals surface area contributed by atoms with E-state index in [-0.39, 0.29) is 17.4 Å². The first-order valence-electron chi connectivity index (χ1n) is 6.77. The number of amides is 1. The summed E-state index contributed by atoms with van der Waals surface area (Å²) < 4.78 is 22.5. The molecular weight excluding hydrogens is 266 g/mol. The zero-order chi connectivity index (χ0) is 14.5. The molecule has 0 aromatic heterocycles. The average molecular weight is 291 g/mol. The molecule has 0 saturated carbocycles. The van der Waals surface area contributed by atoms with Gasteiger partial charge in [-0.3, -0.25) is 9.69 Å². The second-order valence-electron chi connectivity index (χ2n) is 5.42. The van der Waals surface area contributed by atoms with Gasteiger partial charge in [0.2, 0.25) is 5.91 Å². The molecule has 1 saturated heterocycles. The van der Waals surface area contributed by atoms with E-state index in [0.29, 0.717) is 32.6 Å². The fourth-order valence-electron chi connectivity index (χ4n) is 2.14. The van der Waals surface area contributed by atoms with Gasteiger partial charge in [-0.05, 0) is 13.3 Å². The van der Waals surface area contributed by atoms with Crippen molar-refractivity contribution < 1.29 is 13.2 Å². The summed E-state index contributed by atoms with van der Waals surface area (Å²) in [6.07, 6.45) is 1.52. The minimum absolute atomic E-state index is 0.140. The molecule has 0 aromatic rings. The van der Waals surface area contributed by atoms with Gasteiger partial charge in [0.25, 0.3) is 0 Å². The number of carbonyl (C=O) groups excluding carboxylic acids is 1. The second kappa shape index (κ2) is 6.67. The summed E-state index contributed by atoms with van der Waals surface area (Å²) >= 11 is 0. The fraction of sp³-hybridized carbons (Fsp3) is 0.917. The van der Waals surface area contributed by atoms with Crippen LogP contribution in [0.25, 0.3) is 0 Å². The van der Waals surface area contributed by atoms with Crippen LogP contribution in [0.4, 0.5) is 0 Å². The second-order valence-corrected chi connectivity index (χ2v) is 7.72. The van der Waals surface area contributed by atoms with E-state index in [1.807, 2.05) is 6.92 Å². The Labute approximate surface area is 115 Å². The Morgan fingerprint density at radius 3 is 2.47 bits per heavy atom. The van der Waals surface area contributed by atoms with Gasteiger partial charge in [0.1, 0.15) is 0 Å². The average Bonchev–Trinajstić information content (AvgIpc) is 2.31. The van der Waals surface area contributed by atoms with Crippen molar-refractivity contribution in [3.63, 3.8) is 0 Å². The molecule has 1 fully saturated rings. The molecule has 0 aliphatic carbocycles. The number of hydrogen-bond acceptors (Lipinski definition) is 5. The lowest BCUT2D eigenvalue weighted by atomic mass is 9.97. The predicted octanol–water partition coefficient (Wildman–Crippen LogP) is -0.649. The highest BCUT2D eigenvalue weighted by Crippen LogP contribution is 2.08. The van der Waals surface area contributed by atoms with Gasteiger partial charge < -0.3 is 11.1 Å². The Bertz CT molecular complexity index is 392. The Kier molecular flexibility index (Phi) is 5.76. The van der Waals surface area contributed by atoms with E-state index < -0.39 is 15.4 Å². The summed E-state index contributed by atoms with van der Waals surface area (Å²) in [6, 6.07) is 0. The van der Waals surface area contributed by atoms with Gasteiger partial charge in [0, 0.05) is 26.2 Å². The number of nitrogens with one attached hydrogen (secondary N) is 1. The summed E-state index contributed by atoms with van der Waals surface area (Å²) in [5.74, 6) is 0.288. The maximum Gasteiger partial charge on any atom is 0.239 e. The summed E-state index contributed by atoms with van der Waals surface area (Å²) in [7, 11) is -2.84. The molecule has 7 heteroatoms. The largest absolute Gasteiger partial charge is 0.353 e. The van der Waals surface area contributed by atoms with E-state index >= 15 is 0 Å². The van der Waals surface area contributed by atoms with E-state index in [4.69, 9.17) is 5.73 Å². The highest BCUT2D eigenvalue weighted by atomic mass is 32.2. The van der Waals surface area contributed by atoms with Gasteiger partial charge in [-0.1, -0.05) is 13.3 Å². The summed E-state index contributed by atoms with van der Waals surface area (Å²) in [5, 5.41) is 2.82. The van der Waals surface area contributed by atoms with E-state index in [1.165, 1.54) is 0 Å². The molecule has 1 rings (SSSR count). The van der Waals surface area contributed by atoms with Gasteiger partial charge in [-0.15, -0.1) is 0 Å². The van der Waals surface area contributed by atoms with Crippen molar-refractivity contribution in [3.8, 4) is 0 Å². The third kappa shape index (κ3) is 5.46. The van der Waals surface area contributed by atoms with Crippen molar-refractivity contribution in [2.75, 3.05) is 37.7 Å². The minimum Gasteiger partial charge on any atom is -0.353 e. The van der Waals surface area contributed by atoms with Crippen LogP contribution in [-0.4, -0.2) is 62.4 Å². The van der Waals surface area contributed by atoms with Crippen molar-refractivity contribution in [1.29, 1.82) is 0 Å². The molecule has 112 valence electrons. The molecule has 1 unspecified atom stereocenters. The number of carbonyl (C=O) groups is 1. The van der Waals surface area contributed by atoms with Crippen LogP contribution >= 0.6 is 0 Å². The van der Waals surface area contributed by atoms with Gasteiger partial charge in [0.15, 0.2) is 9.84 Å². The summed E-state index contributed by atoms with van der Waals surface area (Å²) in [4.78, 5) is 13.9. The molecule has 19 heavy (non-hydrogen) atoms. The molecule has 0 radical (unpaired) electrons. The predicted molar refractivity (Wildman–Crippen MR) is 75.6 cm³/mol. The van der Waals surface area contributed by atoms with E-state index in [9.17, 15) is 13.2 Å². The molecule has 1 atom stereocenters. The standard InChI is InChI=1S/C12H25N3O3S/c1-3-4-12(2,13)11(16)14-5-6-15-7-9-19(17,18)10-8-15/h3-10,13H2,1-2H3,(H,14,16). The topological polar surface area (TPSA) is 92.5 Å². The normalized spacial score (nSPS) is 22.7. The quantitative estimate of drug-likeness (QED) is 0.678. The lowest BCUT2D eigenvalue weighted by Crippen LogP contribution is -2.53. The number of rotatable bonds is 6. The zero-order valence-electron chi connectivity index (χ0n) is 11.8. The summed E-state index contributed by atoms with van der Waals surface area (Å²) in [6.45, 7) is 6.00. The molecular formula is C12H25N3O3S. The first-order chi connectivity index (χ1) is 8.77. The van der Waals surface area contributed by atoms with Crippen LogP contribution in [0.1, 0.15) is 26.7 Å². The molecule has 3 N–H and O–H groups in total. The van der Waals surface area contributed by atoms with Crippen molar-refractivity contribution >= 4 is 15.7 Å². The zero-order valence-corrected chi connectivity index (χ0v) is 12.6. The van der Waals surface area contributed by atoms with Crippen molar-refractivity contribution in [2.24, 2.45) is 5.73 Å². The van der Waals surface area contributed by atoms with Gasteiger partial charge in [-0.2, -0.15) is 0 Å². The smallest absolute Gasteiger partial charge is 0.239 e. The molecule has 6 nitrogen and oxygen atoms in total. The van der Waals surface area contributed by atoms with Gasteiger partial charge >= 0.3 is 0 Å². The van der Waals surface area contributed by atoms with Crippen molar-refractivity contribution in [3.05, 3.63) is 0 Å². The van der Waals surface area contributed by atoms with E-state index in [1.54, 1.807) is 6.92 Å². The highest BCUT2D eigenvalue weighted by molar-refractivity contribution is 7.91. The van der Waals surface area contributed by atoms with Crippen LogP contribution in [0.15, 0.2) is 0 Å². The van der Waals surface area contributed by atoms with Crippen LogP contribution in [0.5, 0.6) is 0 Å². The first-order valence-corrected chi connectivity index (χ1v) is 8.59. The van der Waals surface area contributed by atoms with Crippen molar-refractivity contribution in [2.45, 2.75) is 32.2 Å². The third-order valence-corrected chi connectivity index (χ3v) is 5.05. The molecule has 1 aliphatic heterocycles. The number of nitrogens with two attached hydrogens (primary N) is 1. The molecule has 1 aliphatic rings. The molecule has 0 spiro atoms. The molecule has 1 heterocycles. The number of hydrogen-bond donors (Lipinski definition) is 2. The summed E-state index contributed by atoms with van der Waals surface area (Å²) in [5.41, 5.74) is 5.10. The van der Waals surface area contributed by atoms with Gasteiger partial charge in [0.05, 0.1) is 17.0 Å². The van der Waals surface area contributed by atoms with Crippen LogP contribution in [0.2, 0.25) is 0 Å². The van der Waals surface area contributed by atoms with Crippen molar-refractivity contribution in [1.82, 2.24) is 10.2 Å². The Hall–Kier alpha value is -0.660. The van der Waals surface area contributed by atoms with Gasteiger partial charge in [-0.25, -0.2) is 8.42 Å². The third-order valence-electron chi connectivity index (χ3n) is 3.44. The molecule has 0 bridgehead atoms. The lowest BCUT2D eigenvalue weighted by molar-refractivity contribution is -0.126. The van der Waals surface area contributed by atoms with Crippen LogP contribution in [0, 0.1) is 0 Å². The maximum atomic E-state index is 11.8. The molecule has 0 aromatic carbocycles. The fourth-order valence-corrected chi connectivity index (χ4v) is 3.41. The first kappa shape index (κ1) is 16.4. The maximum absolute atomic E-state index is 11.8. The van der Waals surface area contributed by atoms with Crippen LogP contribution in [0.3, 0.4) is 0 Å². The number of nitrogens with zero attached hydrogens (tertiary/aromatic N) is 1. The van der Waals surface area contributed by atoms with Crippen LogP contribution < -0.4 is 11.1 Å². The Morgan fingerprint density at radius 2 is 1.95 bits per heavy atom. The number of sulfone groups is 1. The minimum atomic E-state index is -2.84. The highest BCUT2D eigenvalue weighted by Gasteiger charge is 2.27. The monoisotopic (exact) mass is 291 g/mol.